The van der Waals surface area contributed by atoms with E-state index in [0.29, 0.717) is 11.7 Å². The molecule has 90 valence electrons. The van der Waals surface area contributed by atoms with Gasteiger partial charge in [0.1, 0.15) is 5.75 Å². The smallest absolute Gasteiger partial charge is 0.258 e. The molecule has 0 aliphatic rings. The predicted octanol–water partition coefficient (Wildman–Crippen LogP) is 3.93. The molecule has 0 saturated heterocycles. The molecular weight excluding hydrogens is 316 g/mol. The number of phenols is 1. The first-order valence-corrected chi connectivity index (χ1v) is 6.72. The maximum absolute atomic E-state index is 9.22. The molecule has 0 fully saturated rings. The monoisotopic (exact) mass is 322 g/mol. The largest absolute Gasteiger partial charge is 0.508 e. The van der Waals surface area contributed by atoms with Gasteiger partial charge in [-0.15, -0.1) is 11.3 Å². The van der Waals surface area contributed by atoms with Crippen molar-refractivity contribution in [2.75, 3.05) is 0 Å². The van der Waals surface area contributed by atoms with E-state index in [1.165, 1.54) is 0 Å². The van der Waals surface area contributed by atoms with Gasteiger partial charge in [-0.3, -0.25) is 0 Å². The second-order valence-electron chi connectivity index (χ2n) is 3.57. The fourth-order valence-electron chi connectivity index (χ4n) is 1.48. The van der Waals surface area contributed by atoms with Crippen LogP contribution in [0.4, 0.5) is 0 Å². The summed E-state index contributed by atoms with van der Waals surface area (Å²) in [5.41, 5.74) is 0.780. The molecule has 0 atom stereocenters. The van der Waals surface area contributed by atoms with Crippen LogP contribution >= 0.6 is 27.3 Å². The predicted molar refractivity (Wildman–Crippen MR) is 72.4 cm³/mol. The van der Waals surface area contributed by atoms with E-state index in [-0.39, 0.29) is 5.75 Å². The molecule has 0 bridgehead atoms. The number of rotatable bonds is 2. The first-order valence-electron chi connectivity index (χ1n) is 5.11. The van der Waals surface area contributed by atoms with Crippen LogP contribution in [0.1, 0.15) is 0 Å². The topological polar surface area (TPSA) is 59.2 Å². The third-order valence-electron chi connectivity index (χ3n) is 2.33. The maximum Gasteiger partial charge on any atom is 0.258 e. The average Bonchev–Trinajstić information content (AvgIpc) is 2.98. The summed E-state index contributed by atoms with van der Waals surface area (Å²) in [6.07, 6.45) is 0. The van der Waals surface area contributed by atoms with Crippen molar-refractivity contribution in [2.45, 2.75) is 0 Å². The summed E-state index contributed by atoms with van der Waals surface area (Å²) in [5.74, 6) is 1.21. The van der Waals surface area contributed by atoms with Gasteiger partial charge in [-0.2, -0.15) is 4.98 Å². The minimum atomic E-state index is 0.209. The maximum atomic E-state index is 9.22. The highest BCUT2D eigenvalue weighted by molar-refractivity contribution is 9.11. The Morgan fingerprint density at radius 2 is 1.89 bits per heavy atom. The number of hydrogen-bond acceptors (Lipinski definition) is 5. The molecule has 0 amide bonds. The summed E-state index contributed by atoms with van der Waals surface area (Å²) in [5, 5.41) is 13.2. The van der Waals surface area contributed by atoms with Gasteiger partial charge in [0.25, 0.3) is 5.89 Å². The molecule has 1 aromatic carbocycles. The fourth-order valence-corrected chi connectivity index (χ4v) is 2.79. The molecule has 1 N–H and O–H groups in total. The molecule has 3 rings (SSSR count). The van der Waals surface area contributed by atoms with Gasteiger partial charge in [-0.25, -0.2) is 0 Å². The lowest BCUT2D eigenvalue weighted by molar-refractivity contribution is 0.432. The molecule has 18 heavy (non-hydrogen) atoms. The number of benzene rings is 1. The quantitative estimate of drug-likeness (QED) is 0.776. The van der Waals surface area contributed by atoms with Crippen LogP contribution in [0.25, 0.3) is 22.2 Å². The van der Waals surface area contributed by atoms with Crippen LogP contribution < -0.4 is 0 Å². The van der Waals surface area contributed by atoms with Crippen molar-refractivity contribution in [1.29, 1.82) is 0 Å². The van der Waals surface area contributed by atoms with Crippen LogP contribution in [-0.4, -0.2) is 15.2 Å². The Kier molecular flexibility index (Phi) is 2.89. The highest BCUT2D eigenvalue weighted by Gasteiger charge is 2.11. The molecule has 0 aliphatic heterocycles. The fraction of sp³-hybridized carbons (Fsp3) is 0. The number of halogens is 1. The summed E-state index contributed by atoms with van der Waals surface area (Å²) in [6, 6.07) is 10.5. The Hall–Kier alpha value is -1.66. The summed E-state index contributed by atoms with van der Waals surface area (Å²) >= 11 is 4.94. The van der Waals surface area contributed by atoms with Gasteiger partial charge in [0.05, 0.1) is 8.66 Å². The Morgan fingerprint density at radius 1 is 1.11 bits per heavy atom. The second-order valence-corrected chi connectivity index (χ2v) is 6.04. The standard InChI is InChI=1S/C12H7BrN2O2S/c13-10-6-5-9(18-10)11-14-12(17-15-11)7-1-3-8(16)4-2-7/h1-6,16H. The first-order chi connectivity index (χ1) is 8.72. The number of aromatic nitrogens is 2. The average molecular weight is 323 g/mol. The molecule has 2 heterocycles. The minimum absolute atomic E-state index is 0.209. The van der Waals surface area contributed by atoms with Gasteiger partial charge >= 0.3 is 0 Å². The van der Waals surface area contributed by atoms with Gasteiger partial charge in [0.2, 0.25) is 5.82 Å². The zero-order chi connectivity index (χ0) is 12.5. The summed E-state index contributed by atoms with van der Waals surface area (Å²) in [6.45, 7) is 0. The third kappa shape index (κ3) is 2.16. The Morgan fingerprint density at radius 3 is 2.56 bits per heavy atom. The Bertz CT molecular complexity index is 675. The number of aromatic hydroxyl groups is 1. The molecule has 0 aliphatic carbocycles. The van der Waals surface area contributed by atoms with Crippen molar-refractivity contribution in [3.05, 3.63) is 40.2 Å². The van der Waals surface area contributed by atoms with E-state index in [2.05, 4.69) is 26.1 Å². The highest BCUT2D eigenvalue weighted by Crippen LogP contribution is 2.30. The summed E-state index contributed by atoms with van der Waals surface area (Å²) < 4.78 is 6.22. The van der Waals surface area contributed by atoms with Crippen LogP contribution in [-0.2, 0) is 0 Å². The van der Waals surface area contributed by atoms with E-state index in [1.54, 1.807) is 35.6 Å². The normalized spacial score (nSPS) is 10.7. The molecule has 2 aromatic heterocycles. The highest BCUT2D eigenvalue weighted by atomic mass is 79.9. The van der Waals surface area contributed by atoms with Crippen LogP contribution in [0.3, 0.4) is 0 Å². The van der Waals surface area contributed by atoms with Crippen LogP contribution in [0.15, 0.2) is 44.7 Å². The molecule has 0 unspecified atom stereocenters. The Labute approximate surface area is 115 Å². The van der Waals surface area contributed by atoms with Crippen molar-refractivity contribution < 1.29 is 9.63 Å². The molecule has 0 radical (unpaired) electrons. The van der Waals surface area contributed by atoms with Crippen molar-refractivity contribution in [1.82, 2.24) is 10.1 Å². The van der Waals surface area contributed by atoms with Gasteiger partial charge < -0.3 is 9.63 Å². The van der Waals surface area contributed by atoms with Gasteiger partial charge in [0, 0.05) is 5.56 Å². The molecule has 4 nitrogen and oxygen atoms in total. The van der Waals surface area contributed by atoms with E-state index < -0.39 is 0 Å². The van der Waals surface area contributed by atoms with Crippen LogP contribution in [0.2, 0.25) is 0 Å². The van der Waals surface area contributed by atoms with E-state index in [1.807, 2.05) is 12.1 Å². The third-order valence-corrected chi connectivity index (χ3v) is 3.95. The zero-order valence-corrected chi connectivity index (χ0v) is 11.4. The number of thiophene rings is 1. The summed E-state index contributed by atoms with van der Waals surface area (Å²) in [7, 11) is 0. The minimum Gasteiger partial charge on any atom is -0.508 e. The van der Waals surface area contributed by atoms with Crippen molar-refractivity contribution >= 4 is 27.3 Å². The van der Waals surface area contributed by atoms with E-state index in [9.17, 15) is 5.11 Å². The number of hydrogen-bond donors (Lipinski definition) is 1. The van der Waals surface area contributed by atoms with Gasteiger partial charge in [-0.1, -0.05) is 5.16 Å². The second kappa shape index (κ2) is 4.55. The zero-order valence-electron chi connectivity index (χ0n) is 9.00. The molecular formula is C12H7BrN2O2S. The van der Waals surface area contributed by atoms with E-state index >= 15 is 0 Å². The molecule has 0 saturated carbocycles. The lowest BCUT2D eigenvalue weighted by Gasteiger charge is -1.93. The molecule has 3 aromatic rings. The SMILES string of the molecule is Oc1ccc(-c2nc(-c3ccc(Br)s3)no2)cc1. The van der Waals surface area contributed by atoms with Crippen molar-refractivity contribution in [2.24, 2.45) is 0 Å². The lowest BCUT2D eigenvalue weighted by atomic mass is 10.2. The van der Waals surface area contributed by atoms with E-state index in [4.69, 9.17) is 4.52 Å². The van der Waals surface area contributed by atoms with Crippen LogP contribution in [0.5, 0.6) is 5.75 Å². The molecule has 0 spiro atoms. The van der Waals surface area contributed by atoms with Crippen molar-refractivity contribution in [3.63, 3.8) is 0 Å². The van der Waals surface area contributed by atoms with Crippen LogP contribution in [0, 0.1) is 0 Å². The lowest BCUT2D eigenvalue weighted by Crippen LogP contribution is -1.77. The summed E-state index contributed by atoms with van der Waals surface area (Å²) in [4.78, 5) is 5.26. The first kappa shape index (κ1) is 11.4. The van der Waals surface area contributed by atoms with Crippen molar-refractivity contribution in [3.8, 4) is 27.9 Å². The Balaban J connectivity index is 1.96. The van der Waals surface area contributed by atoms with Gasteiger partial charge in [-0.05, 0) is 52.3 Å². The van der Waals surface area contributed by atoms with Gasteiger partial charge in [0.15, 0.2) is 0 Å². The molecule has 6 heteroatoms. The number of nitrogens with zero attached hydrogens (tertiary/aromatic N) is 2. The van der Waals surface area contributed by atoms with E-state index in [0.717, 1.165) is 14.2 Å². The number of phenolic OH excluding ortho intramolecular Hbond substituents is 1.